The molecule has 0 unspecified atom stereocenters. The number of aromatic nitrogens is 6. The summed E-state index contributed by atoms with van der Waals surface area (Å²) in [5.41, 5.74) is 12.4. The van der Waals surface area contributed by atoms with Gasteiger partial charge in [-0.05, 0) is 12.1 Å². The Morgan fingerprint density at radius 2 is 1.89 bits per heavy atom. The normalized spacial score (nSPS) is 10.3. The van der Waals surface area contributed by atoms with Gasteiger partial charge in [0.25, 0.3) is 11.5 Å². The predicted molar refractivity (Wildman–Crippen MR) is 133 cm³/mol. The van der Waals surface area contributed by atoms with E-state index in [4.69, 9.17) is 15.9 Å². The minimum Gasteiger partial charge on any atom is -0.445 e. The number of hydrogen-bond donors (Lipinski definition) is 2. The lowest BCUT2D eigenvalue weighted by atomic mass is 10.2. The highest BCUT2D eigenvalue weighted by molar-refractivity contribution is 5.94. The number of furan rings is 1. The van der Waals surface area contributed by atoms with Crippen molar-refractivity contribution in [2.75, 3.05) is 5.73 Å². The zero-order chi connectivity index (χ0) is 25.7. The van der Waals surface area contributed by atoms with E-state index in [1.807, 2.05) is 50.5 Å². The molecule has 0 saturated carbocycles. The van der Waals surface area contributed by atoms with Crippen molar-refractivity contribution >= 4 is 22.8 Å². The van der Waals surface area contributed by atoms with Crippen LogP contribution in [0.1, 0.15) is 34.4 Å². The maximum absolute atomic E-state index is 13.2. The van der Waals surface area contributed by atoms with Crippen LogP contribution in [0.3, 0.4) is 0 Å². The van der Waals surface area contributed by atoms with Gasteiger partial charge in [0.2, 0.25) is 5.71 Å². The first-order chi connectivity index (χ1) is 17.4. The lowest BCUT2D eigenvalue weighted by Gasteiger charge is -2.10. The molecule has 1 amide bonds. The fourth-order valence-corrected chi connectivity index (χ4v) is 3.37. The fourth-order valence-electron chi connectivity index (χ4n) is 3.37. The van der Waals surface area contributed by atoms with Crippen molar-refractivity contribution in [1.29, 1.82) is 0 Å². The third-order valence-electron chi connectivity index (χ3n) is 5.01. The number of benzene rings is 1. The Bertz CT molecular complexity index is 1660. The Morgan fingerprint density at radius 3 is 2.50 bits per heavy atom. The summed E-state index contributed by atoms with van der Waals surface area (Å²) < 4.78 is 8.80. The zero-order valence-corrected chi connectivity index (χ0v) is 19.5. The number of carbonyl (C=O) groups excluding carboxylic acids is 1. The highest BCUT2D eigenvalue weighted by atomic mass is 16.3. The zero-order valence-electron chi connectivity index (χ0n) is 19.5. The highest BCUT2D eigenvalue weighted by Gasteiger charge is 2.17. The summed E-state index contributed by atoms with van der Waals surface area (Å²) in [6.45, 7) is 1.96. The van der Waals surface area contributed by atoms with E-state index in [1.54, 1.807) is 15.4 Å². The number of amides is 1. The summed E-state index contributed by atoms with van der Waals surface area (Å²) >= 11 is 0. The van der Waals surface area contributed by atoms with E-state index in [2.05, 4.69) is 31.9 Å². The van der Waals surface area contributed by atoms with Crippen LogP contribution in [0, 0.1) is 11.8 Å². The monoisotopic (exact) mass is 482 g/mol. The SMILES string of the molecule is CCc1nc2occ(C#Cc3cnn(C)c3)c2c(=O)n1-c1ccccc1.NC(=O)c1nccnc1N. The number of para-hydroxylation sites is 1. The molecule has 5 aromatic rings. The number of hydrogen-bond acceptors (Lipinski definition) is 8. The van der Waals surface area contributed by atoms with Crippen molar-refractivity contribution in [3.63, 3.8) is 0 Å². The Kier molecular flexibility index (Phi) is 6.87. The number of aryl methyl sites for hydroxylation is 2. The summed E-state index contributed by atoms with van der Waals surface area (Å²) in [5, 5.41) is 4.48. The van der Waals surface area contributed by atoms with Crippen molar-refractivity contribution in [3.05, 3.63) is 94.4 Å². The molecule has 4 heterocycles. The Hall–Kier alpha value is -5.24. The van der Waals surface area contributed by atoms with E-state index in [-0.39, 0.29) is 17.1 Å². The molecular formula is C25H22N8O3. The van der Waals surface area contributed by atoms with Gasteiger partial charge in [0.05, 0.1) is 23.0 Å². The van der Waals surface area contributed by atoms with E-state index in [0.29, 0.717) is 28.9 Å². The molecule has 5 rings (SSSR count). The van der Waals surface area contributed by atoms with E-state index in [0.717, 1.165) is 11.3 Å². The van der Waals surface area contributed by atoms with E-state index in [9.17, 15) is 9.59 Å². The summed E-state index contributed by atoms with van der Waals surface area (Å²) in [5.74, 6) is 6.06. The van der Waals surface area contributed by atoms with Crippen LogP contribution in [-0.2, 0) is 13.5 Å². The molecule has 1 aromatic carbocycles. The van der Waals surface area contributed by atoms with Crippen LogP contribution >= 0.6 is 0 Å². The second-order valence-electron chi connectivity index (χ2n) is 7.49. The third-order valence-corrected chi connectivity index (χ3v) is 5.01. The number of carbonyl (C=O) groups is 1. The molecule has 11 nitrogen and oxygen atoms in total. The van der Waals surface area contributed by atoms with Crippen LogP contribution < -0.4 is 17.0 Å². The standard InChI is InChI=1S/C20H16N4O2.C5H6N4O/c1-3-17-22-19-18(20(25)24(17)16-7-5-4-6-8-16)15(13-26-19)10-9-14-11-21-23(2)12-14;6-4-3(5(7)10)8-1-2-9-4/h4-8,11-13H,3H2,1-2H3;1-2H,(H2,6,9)(H2,7,10). The molecule has 0 spiro atoms. The van der Waals surface area contributed by atoms with Gasteiger partial charge in [0.1, 0.15) is 17.5 Å². The average molecular weight is 483 g/mol. The first-order valence-electron chi connectivity index (χ1n) is 10.8. The molecule has 0 saturated heterocycles. The van der Waals surface area contributed by atoms with Gasteiger partial charge in [-0.3, -0.25) is 18.8 Å². The number of nitrogens with two attached hydrogens (primary N) is 2. The minimum atomic E-state index is -0.661. The van der Waals surface area contributed by atoms with Gasteiger partial charge < -0.3 is 15.9 Å². The molecule has 0 aliphatic carbocycles. The van der Waals surface area contributed by atoms with E-state index in [1.165, 1.54) is 18.7 Å². The Morgan fingerprint density at radius 1 is 1.14 bits per heavy atom. The van der Waals surface area contributed by atoms with Crippen LogP contribution in [-0.4, -0.2) is 35.2 Å². The first-order valence-corrected chi connectivity index (χ1v) is 10.8. The topological polar surface area (TPSA) is 161 Å². The van der Waals surface area contributed by atoms with Crippen molar-refractivity contribution in [3.8, 4) is 17.5 Å². The number of nitrogens with zero attached hydrogens (tertiary/aromatic N) is 6. The first kappa shape index (κ1) is 23.9. The summed E-state index contributed by atoms with van der Waals surface area (Å²) in [6.07, 6.45) is 8.32. The number of primary amides is 1. The van der Waals surface area contributed by atoms with E-state index >= 15 is 0 Å². The van der Waals surface area contributed by atoms with Crippen LogP contribution in [0.15, 0.2) is 70.6 Å². The predicted octanol–water partition coefficient (Wildman–Crippen LogP) is 1.83. The maximum atomic E-state index is 13.2. The molecule has 0 radical (unpaired) electrons. The number of anilines is 1. The lowest BCUT2D eigenvalue weighted by molar-refractivity contribution is 0.0996. The average Bonchev–Trinajstić information content (AvgIpc) is 3.49. The fraction of sp³-hybridized carbons (Fsp3) is 0.120. The quantitative estimate of drug-likeness (QED) is 0.368. The van der Waals surface area contributed by atoms with Gasteiger partial charge in [-0.2, -0.15) is 10.1 Å². The molecule has 11 heteroatoms. The molecule has 0 atom stereocenters. The van der Waals surface area contributed by atoms with Gasteiger partial charge in [-0.15, -0.1) is 0 Å². The smallest absolute Gasteiger partial charge is 0.271 e. The molecular weight excluding hydrogens is 460 g/mol. The van der Waals surface area contributed by atoms with Crippen molar-refractivity contribution < 1.29 is 9.21 Å². The van der Waals surface area contributed by atoms with Crippen LogP contribution in [0.4, 0.5) is 5.82 Å². The molecule has 36 heavy (non-hydrogen) atoms. The number of fused-ring (bicyclic) bond motifs is 1. The highest BCUT2D eigenvalue weighted by Crippen LogP contribution is 2.18. The van der Waals surface area contributed by atoms with Gasteiger partial charge in [-0.25, -0.2) is 9.97 Å². The van der Waals surface area contributed by atoms with Gasteiger partial charge in [-0.1, -0.05) is 37.0 Å². The van der Waals surface area contributed by atoms with Crippen molar-refractivity contribution in [2.45, 2.75) is 13.3 Å². The molecule has 0 bridgehead atoms. The van der Waals surface area contributed by atoms with Gasteiger partial charge in [0.15, 0.2) is 11.5 Å². The summed E-state index contributed by atoms with van der Waals surface area (Å²) in [4.78, 5) is 35.4. The second-order valence-corrected chi connectivity index (χ2v) is 7.49. The van der Waals surface area contributed by atoms with Gasteiger partial charge in [0, 0.05) is 32.1 Å². The third kappa shape index (κ3) is 4.97. The number of nitrogen functional groups attached to an aromatic ring is 1. The lowest BCUT2D eigenvalue weighted by Crippen LogP contribution is -2.23. The number of rotatable bonds is 3. The Labute approximate surface area is 205 Å². The summed E-state index contributed by atoms with van der Waals surface area (Å²) in [6, 6.07) is 9.47. The van der Waals surface area contributed by atoms with Crippen LogP contribution in [0.25, 0.3) is 16.8 Å². The molecule has 4 aromatic heterocycles. The summed E-state index contributed by atoms with van der Waals surface area (Å²) in [7, 11) is 1.83. The molecule has 4 N–H and O–H groups in total. The largest absolute Gasteiger partial charge is 0.445 e. The second kappa shape index (κ2) is 10.4. The molecule has 0 aliphatic heterocycles. The van der Waals surface area contributed by atoms with E-state index < -0.39 is 5.91 Å². The molecule has 180 valence electrons. The van der Waals surface area contributed by atoms with Crippen molar-refractivity contribution in [2.24, 2.45) is 12.8 Å². The van der Waals surface area contributed by atoms with Crippen molar-refractivity contribution in [1.82, 2.24) is 29.3 Å². The minimum absolute atomic E-state index is 0.0162. The van der Waals surface area contributed by atoms with Crippen LogP contribution in [0.2, 0.25) is 0 Å². The molecule has 0 aliphatic rings. The van der Waals surface area contributed by atoms with Crippen LogP contribution in [0.5, 0.6) is 0 Å². The molecule has 0 fully saturated rings. The van der Waals surface area contributed by atoms with Gasteiger partial charge >= 0.3 is 0 Å². The Balaban J connectivity index is 0.000000256. The maximum Gasteiger partial charge on any atom is 0.271 e.